The van der Waals surface area contributed by atoms with Gasteiger partial charge in [-0.25, -0.2) is 0 Å². The maximum absolute atomic E-state index is 12.4. The molecule has 0 fully saturated rings. The number of nitro benzene ring substituents is 1. The van der Waals surface area contributed by atoms with E-state index < -0.39 is 16.0 Å². The Morgan fingerprint density at radius 2 is 1.90 bits per heavy atom. The first-order valence-corrected chi connectivity index (χ1v) is 6.13. The number of benzene rings is 1. The van der Waals surface area contributed by atoms with Gasteiger partial charge in [0, 0.05) is 12.1 Å². The molecular formula is C13H16N3O4. The quantitative estimate of drug-likeness (QED) is 0.662. The van der Waals surface area contributed by atoms with Crippen LogP contribution in [0.2, 0.25) is 0 Å². The minimum atomic E-state index is -0.806. The first kappa shape index (κ1) is 14.3. The lowest BCUT2D eigenvalue weighted by Gasteiger charge is -2.35. The van der Waals surface area contributed by atoms with Crippen LogP contribution in [0.4, 0.5) is 5.69 Å². The van der Waals surface area contributed by atoms with Crippen LogP contribution in [0.25, 0.3) is 0 Å². The lowest BCUT2D eigenvalue weighted by atomic mass is 9.84. The van der Waals surface area contributed by atoms with Gasteiger partial charge in [0.25, 0.3) is 5.69 Å². The molecule has 1 N–H and O–H groups in total. The second kappa shape index (κ2) is 4.17. The van der Waals surface area contributed by atoms with E-state index in [1.165, 1.54) is 12.1 Å². The number of aromatic hydroxyl groups is 1. The van der Waals surface area contributed by atoms with Crippen LogP contribution in [0.15, 0.2) is 23.2 Å². The summed E-state index contributed by atoms with van der Waals surface area (Å²) in [7, 11) is 0. The van der Waals surface area contributed by atoms with E-state index in [1.54, 1.807) is 27.7 Å². The Hall–Kier alpha value is -2.15. The molecule has 1 aliphatic rings. The van der Waals surface area contributed by atoms with E-state index in [9.17, 15) is 20.4 Å². The molecule has 1 aliphatic heterocycles. The van der Waals surface area contributed by atoms with Gasteiger partial charge >= 0.3 is 0 Å². The summed E-state index contributed by atoms with van der Waals surface area (Å²) in [6, 6.07) is 3.54. The van der Waals surface area contributed by atoms with Crippen molar-refractivity contribution >= 4 is 11.5 Å². The molecule has 7 heteroatoms. The number of amidine groups is 1. The second-order valence-corrected chi connectivity index (χ2v) is 5.81. The molecule has 20 heavy (non-hydrogen) atoms. The van der Waals surface area contributed by atoms with Crippen molar-refractivity contribution in [2.24, 2.45) is 4.99 Å². The summed E-state index contributed by atoms with van der Waals surface area (Å²) in [6.07, 6.45) is 0. The highest BCUT2D eigenvalue weighted by Gasteiger charge is 2.50. The lowest BCUT2D eigenvalue weighted by Crippen LogP contribution is -2.50. The smallest absolute Gasteiger partial charge is 0.270 e. The molecule has 0 bridgehead atoms. The van der Waals surface area contributed by atoms with E-state index in [0.29, 0.717) is 5.06 Å². The van der Waals surface area contributed by atoms with E-state index in [-0.39, 0.29) is 22.8 Å². The molecule has 2 rings (SSSR count). The number of aliphatic imine (C=N–C) groups is 1. The first-order chi connectivity index (χ1) is 9.08. The maximum Gasteiger partial charge on any atom is 0.270 e. The molecule has 0 aliphatic carbocycles. The molecule has 0 spiro atoms. The minimum absolute atomic E-state index is 0.0150. The number of hydroxylamine groups is 2. The predicted octanol–water partition coefficient (Wildman–Crippen LogP) is 2.27. The maximum atomic E-state index is 12.4. The first-order valence-electron chi connectivity index (χ1n) is 6.13. The van der Waals surface area contributed by atoms with Crippen LogP contribution in [0, 0.1) is 10.1 Å². The molecule has 0 amide bonds. The molecule has 1 aromatic carbocycles. The molecule has 0 atom stereocenters. The van der Waals surface area contributed by atoms with E-state index in [2.05, 4.69) is 4.99 Å². The van der Waals surface area contributed by atoms with E-state index in [0.717, 1.165) is 6.07 Å². The zero-order valence-electron chi connectivity index (χ0n) is 11.7. The average molecular weight is 278 g/mol. The fraction of sp³-hybridized carbons (Fsp3) is 0.462. The van der Waals surface area contributed by atoms with Crippen LogP contribution in [-0.4, -0.2) is 32.0 Å². The number of hydrogen-bond acceptors (Lipinski definition) is 5. The summed E-state index contributed by atoms with van der Waals surface area (Å²) in [5.74, 6) is -0.190. The van der Waals surface area contributed by atoms with E-state index in [4.69, 9.17) is 0 Å². The van der Waals surface area contributed by atoms with Gasteiger partial charge in [-0.2, -0.15) is 5.06 Å². The van der Waals surface area contributed by atoms with Crippen molar-refractivity contribution in [1.82, 2.24) is 5.06 Å². The number of nitrogens with zero attached hydrogens (tertiary/aromatic N) is 3. The van der Waals surface area contributed by atoms with Crippen molar-refractivity contribution in [3.05, 3.63) is 33.9 Å². The number of phenolic OH excluding ortho intramolecular Hbond substituents is 1. The molecule has 1 heterocycles. The Kier molecular flexibility index (Phi) is 2.98. The fourth-order valence-electron chi connectivity index (χ4n) is 1.95. The summed E-state index contributed by atoms with van der Waals surface area (Å²) >= 11 is 0. The van der Waals surface area contributed by atoms with Gasteiger partial charge in [0.15, 0.2) is 5.84 Å². The SMILES string of the molecule is CC1(C)N=C(c2cc([N+](=O)[O-])ccc2O)N([O])C1(C)C. The van der Waals surface area contributed by atoms with Crippen LogP contribution in [0.3, 0.4) is 0 Å². The summed E-state index contributed by atoms with van der Waals surface area (Å²) in [5, 5.41) is 33.8. The van der Waals surface area contributed by atoms with Gasteiger partial charge in [-0.15, -0.1) is 0 Å². The van der Waals surface area contributed by atoms with Crippen LogP contribution >= 0.6 is 0 Å². The van der Waals surface area contributed by atoms with Gasteiger partial charge in [0.1, 0.15) is 5.75 Å². The van der Waals surface area contributed by atoms with Crippen molar-refractivity contribution in [3.8, 4) is 5.75 Å². The van der Waals surface area contributed by atoms with Gasteiger partial charge in [0.05, 0.1) is 21.6 Å². The van der Waals surface area contributed by atoms with Crippen LogP contribution in [0.1, 0.15) is 33.3 Å². The molecule has 0 saturated carbocycles. The van der Waals surface area contributed by atoms with Crippen molar-refractivity contribution in [3.63, 3.8) is 0 Å². The topological polar surface area (TPSA) is 98.9 Å². The molecule has 1 radical (unpaired) electrons. The Balaban J connectivity index is 2.58. The monoisotopic (exact) mass is 278 g/mol. The Morgan fingerprint density at radius 1 is 1.30 bits per heavy atom. The molecule has 107 valence electrons. The second-order valence-electron chi connectivity index (χ2n) is 5.81. The van der Waals surface area contributed by atoms with E-state index in [1.807, 2.05) is 0 Å². The number of rotatable bonds is 2. The summed E-state index contributed by atoms with van der Waals surface area (Å²) < 4.78 is 0. The van der Waals surface area contributed by atoms with Gasteiger partial charge in [-0.1, -0.05) is 5.21 Å². The van der Waals surface area contributed by atoms with E-state index >= 15 is 0 Å². The third kappa shape index (κ3) is 1.90. The van der Waals surface area contributed by atoms with Gasteiger partial charge in [-0.05, 0) is 33.8 Å². The van der Waals surface area contributed by atoms with Gasteiger partial charge < -0.3 is 5.11 Å². The standard InChI is InChI=1S/C13H16N3O4/c1-12(2)13(3,4)15(18)11(14-12)9-7-8(16(19)20)5-6-10(9)17/h5-7,17H,1-4H3. The Morgan fingerprint density at radius 3 is 2.35 bits per heavy atom. The number of nitro groups is 1. The molecule has 0 saturated heterocycles. The highest BCUT2D eigenvalue weighted by Crippen LogP contribution is 2.39. The summed E-state index contributed by atoms with van der Waals surface area (Å²) in [4.78, 5) is 14.6. The predicted molar refractivity (Wildman–Crippen MR) is 72.0 cm³/mol. The zero-order chi connectivity index (χ0) is 15.3. The number of non-ortho nitro benzene ring substituents is 1. The normalized spacial score (nSPS) is 19.9. The zero-order valence-corrected chi connectivity index (χ0v) is 11.7. The fourth-order valence-corrected chi connectivity index (χ4v) is 1.95. The molecule has 0 unspecified atom stereocenters. The highest BCUT2D eigenvalue weighted by molar-refractivity contribution is 6.03. The van der Waals surface area contributed by atoms with Crippen molar-refractivity contribution in [2.75, 3.05) is 0 Å². The third-order valence-electron chi connectivity index (χ3n) is 4.01. The number of phenols is 1. The lowest BCUT2D eigenvalue weighted by molar-refractivity contribution is -0.384. The molecule has 0 aromatic heterocycles. The molecule has 1 aromatic rings. The van der Waals surface area contributed by atoms with Crippen LogP contribution in [-0.2, 0) is 5.21 Å². The van der Waals surface area contributed by atoms with Crippen molar-refractivity contribution in [1.29, 1.82) is 0 Å². The molecular weight excluding hydrogens is 262 g/mol. The van der Waals surface area contributed by atoms with Gasteiger partial charge in [0.2, 0.25) is 0 Å². The Bertz CT molecular complexity index is 608. The van der Waals surface area contributed by atoms with Crippen LogP contribution in [0.5, 0.6) is 5.75 Å². The number of hydrogen-bond donors (Lipinski definition) is 1. The van der Waals surface area contributed by atoms with Crippen molar-refractivity contribution < 1.29 is 15.2 Å². The third-order valence-corrected chi connectivity index (χ3v) is 4.01. The average Bonchev–Trinajstić information content (AvgIpc) is 2.50. The minimum Gasteiger partial charge on any atom is -0.507 e. The Labute approximate surface area is 116 Å². The summed E-state index contributed by atoms with van der Waals surface area (Å²) in [5.41, 5.74) is -1.59. The largest absolute Gasteiger partial charge is 0.507 e. The van der Waals surface area contributed by atoms with Gasteiger partial charge in [-0.3, -0.25) is 15.1 Å². The van der Waals surface area contributed by atoms with Crippen molar-refractivity contribution in [2.45, 2.75) is 38.8 Å². The van der Waals surface area contributed by atoms with Crippen LogP contribution < -0.4 is 0 Å². The summed E-state index contributed by atoms with van der Waals surface area (Å²) in [6.45, 7) is 7.09. The highest BCUT2D eigenvalue weighted by atomic mass is 16.6. The molecule has 7 nitrogen and oxygen atoms in total.